The van der Waals surface area contributed by atoms with Gasteiger partial charge in [0, 0.05) is 6.42 Å². The fourth-order valence-electron chi connectivity index (χ4n) is 1.90. The molecule has 2 atom stereocenters. The molecule has 0 bridgehead atoms. The van der Waals surface area contributed by atoms with Crippen LogP contribution in [-0.2, 0) is 6.42 Å². The number of aryl methyl sites for hydroxylation is 1. The topological polar surface area (TPSA) is 51.2 Å². The molecule has 2 unspecified atom stereocenters. The predicted octanol–water partition coefficient (Wildman–Crippen LogP) is 2.78. The lowest BCUT2D eigenvalue weighted by molar-refractivity contribution is 0.307. The Labute approximate surface area is 92.0 Å². The van der Waals surface area contributed by atoms with E-state index in [0.717, 1.165) is 24.4 Å². The van der Waals surface area contributed by atoms with E-state index < -0.39 is 0 Å². The van der Waals surface area contributed by atoms with Crippen LogP contribution in [0.25, 0.3) is 0 Å². The summed E-state index contributed by atoms with van der Waals surface area (Å²) in [5, 5.41) is 0. The molecule has 0 saturated heterocycles. The summed E-state index contributed by atoms with van der Waals surface area (Å²) in [7, 11) is 0. The van der Waals surface area contributed by atoms with E-state index in [4.69, 9.17) is 10.3 Å². The van der Waals surface area contributed by atoms with Crippen LogP contribution in [-0.4, -0.2) is 0 Å². The molecule has 0 aliphatic heterocycles. The van der Waals surface area contributed by atoms with Crippen molar-refractivity contribution < 1.29 is 4.42 Å². The first-order chi connectivity index (χ1) is 7.22. The van der Waals surface area contributed by atoms with Gasteiger partial charge in [-0.15, -0.1) is 0 Å². The molecular weight excluding hydrogens is 188 g/mol. The van der Waals surface area contributed by atoms with Crippen LogP contribution in [0.5, 0.6) is 0 Å². The first-order valence-corrected chi connectivity index (χ1v) is 5.77. The lowest BCUT2D eigenvalue weighted by Gasteiger charge is -2.20. The van der Waals surface area contributed by atoms with Gasteiger partial charge in [0.25, 0.3) is 0 Å². The highest BCUT2D eigenvalue weighted by atomic mass is 16.3. The SMILES string of the molecule is CCCC(C)C(NN)c1ccc(CC)o1. The van der Waals surface area contributed by atoms with Crippen molar-refractivity contribution in [1.29, 1.82) is 0 Å². The van der Waals surface area contributed by atoms with Crippen LogP contribution in [0.3, 0.4) is 0 Å². The summed E-state index contributed by atoms with van der Waals surface area (Å²) in [6, 6.07) is 4.18. The highest BCUT2D eigenvalue weighted by molar-refractivity contribution is 5.11. The standard InChI is InChI=1S/C12H22N2O/c1-4-6-9(3)12(14-13)11-8-7-10(5-2)15-11/h7-9,12,14H,4-6,13H2,1-3H3. The number of rotatable bonds is 6. The quantitative estimate of drug-likeness (QED) is 0.560. The minimum Gasteiger partial charge on any atom is -0.464 e. The molecule has 15 heavy (non-hydrogen) atoms. The van der Waals surface area contributed by atoms with Crippen LogP contribution in [0.1, 0.15) is 51.2 Å². The Balaban J connectivity index is 2.72. The van der Waals surface area contributed by atoms with Crippen molar-refractivity contribution in [3.8, 4) is 0 Å². The third-order valence-corrected chi connectivity index (χ3v) is 2.83. The van der Waals surface area contributed by atoms with Gasteiger partial charge in [0.1, 0.15) is 11.5 Å². The van der Waals surface area contributed by atoms with Crippen molar-refractivity contribution in [3.63, 3.8) is 0 Å². The lowest BCUT2D eigenvalue weighted by Crippen LogP contribution is -2.32. The van der Waals surface area contributed by atoms with Crippen molar-refractivity contribution >= 4 is 0 Å². The molecule has 0 aromatic carbocycles. The zero-order chi connectivity index (χ0) is 11.3. The molecule has 1 heterocycles. The molecule has 3 heteroatoms. The molecule has 3 N–H and O–H groups in total. The van der Waals surface area contributed by atoms with Crippen LogP contribution in [0.15, 0.2) is 16.5 Å². The Morgan fingerprint density at radius 2 is 2.13 bits per heavy atom. The molecule has 0 fully saturated rings. The normalized spacial score (nSPS) is 15.2. The van der Waals surface area contributed by atoms with E-state index in [9.17, 15) is 0 Å². The minimum atomic E-state index is 0.130. The van der Waals surface area contributed by atoms with E-state index in [1.807, 2.05) is 12.1 Å². The summed E-state index contributed by atoms with van der Waals surface area (Å²) >= 11 is 0. The van der Waals surface area contributed by atoms with E-state index in [0.29, 0.717) is 5.92 Å². The monoisotopic (exact) mass is 210 g/mol. The average Bonchev–Trinajstić information content (AvgIpc) is 2.68. The first kappa shape index (κ1) is 12.3. The molecular formula is C12H22N2O. The van der Waals surface area contributed by atoms with Gasteiger partial charge in [0.2, 0.25) is 0 Å². The highest BCUT2D eigenvalue weighted by Gasteiger charge is 2.20. The van der Waals surface area contributed by atoms with Gasteiger partial charge in [-0.2, -0.15) is 0 Å². The zero-order valence-electron chi connectivity index (χ0n) is 9.92. The minimum absolute atomic E-state index is 0.130. The number of hydrazine groups is 1. The molecule has 1 aromatic rings. The Morgan fingerprint density at radius 3 is 2.60 bits per heavy atom. The largest absolute Gasteiger partial charge is 0.464 e. The number of furan rings is 1. The van der Waals surface area contributed by atoms with Gasteiger partial charge in [0.05, 0.1) is 6.04 Å². The van der Waals surface area contributed by atoms with Crippen molar-refractivity contribution in [1.82, 2.24) is 5.43 Å². The maximum atomic E-state index is 5.71. The van der Waals surface area contributed by atoms with E-state index in [1.54, 1.807) is 0 Å². The van der Waals surface area contributed by atoms with Crippen molar-refractivity contribution in [3.05, 3.63) is 23.7 Å². The van der Waals surface area contributed by atoms with E-state index in [1.165, 1.54) is 6.42 Å². The van der Waals surface area contributed by atoms with Gasteiger partial charge >= 0.3 is 0 Å². The fraction of sp³-hybridized carbons (Fsp3) is 0.667. The third-order valence-electron chi connectivity index (χ3n) is 2.83. The second-order valence-corrected chi connectivity index (χ2v) is 4.07. The van der Waals surface area contributed by atoms with Gasteiger partial charge in [-0.1, -0.05) is 27.2 Å². The number of nitrogens with one attached hydrogen (secondary N) is 1. The summed E-state index contributed by atoms with van der Waals surface area (Å²) in [6.07, 6.45) is 3.25. The van der Waals surface area contributed by atoms with Crippen LogP contribution in [0.2, 0.25) is 0 Å². The maximum Gasteiger partial charge on any atom is 0.122 e. The number of nitrogens with two attached hydrogens (primary N) is 1. The molecule has 0 aliphatic rings. The predicted molar refractivity (Wildman–Crippen MR) is 62.2 cm³/mol. The highest BCUT2D eigenvalue weighted by Crippen LogP contribution is 2.26. The Hall–Kier alpha value is -0.800. The lowest BCUT2D eigenvalue weighted by atomic mass is 9.96. The second-order valence-electron chi connectivity index (χ2n) is 4.07. The van der Waals surface area contributed by atoms with Crippen LogP contribution < -0.4 is 11.3 Å². The third kappa shape index (κ3) is 3.08. The Kier molecular flexibility index (Phi) is 4.85. The molecule has 1 rings (SSSR count). The van der Waals surface area contributed by atoms with Gasteiger partial charge in [0.15, 0.2) is 0 Å². The molecule has 1 aromatic heterocycles. The molecule has 0 aliphatic carbocycles. The summed E-state index contributed by atoms with van der Waals surface area (Å²) in [5.74, 6) is 8.05. The van der Waals surface area contributed by atoms with Gasteiger partial charge in [-0.3, -0.25) is 5.84 Å². The van der Waals surface area contributed by atoms with Crippen molar-refractivity contribution in [2.24, 2.45) is 11.8 Å². The molecule has 0 amide bonds. The Bertz CT molecular complexity index is 283. The Morgan fingerprint density at radius 1 is 1.40 bits per heavy atom. The number of hydrogen-bond donors (Lipinski definition) is 2. The smallest absolute Gasteiger partial charge is 0.122 e. The summed E-state index contributed by atoms with van der Waals surface area (Å²) in [5.41, 5.74) is 2.85. The number of hydrogen-bond acceptors (Lipinski definition) is 3. The first-order valence-electron chi connectivity index (χ1n) is 5.77. The van der Waals surface area contributed by atoms with Crippen molar-refractivity contribution in [2.45, 2.75) is 46.1 Å². The van der Waals surface area contributed by atoms with Gasteiger partial charge in [-0.05, 0) is 24.5 Å². The van der Waals surface area contributed by atoms with E-state index >= 15 is 0 Å². The second kappa shape index (κ2) is 5.93. The maximum absolute atomic E-state index is 5.71. The van der Waals surface area contributed by atoms with Crippen LogP contribution >= 0.6 is 0 Å². The molecule has 0 saturated carbocycles. The van der Waals surface area contributed by atoms with Crippen LogP contribution in [0.4, 0.5) is 0 Å². The summed E-state index contributed by atoms with van der Waals surface area (Å²) in [6.45, 7) is 6.47. The van der Waals surface area contributed by atoms with Crippen molar-refractivity contribution in [2.75, 3.05) is 0 Å². The average molecular weight is 210 g/mol. The molecule has 0 radical (unpaired) electrons. The van der Waals surface area contributed by atoms with E-state index in [2.05, 4.69) is 26.2 Å². The van der Waals surface area contributed by atoms with Gasteiger partial charge in [-0.25, -0.2) is 5.43 Å². The van der Waals surface area contributed by atoms with Gasteiger partial charge < -0.3 is 4.42 Å². The summed E-state index contributed by atoms with van der Waals surface area (Å²) in [4.78, 5) is 0. The summed E-state index contributed by atoms with van der Waals surface area (Å²) < 4.78 is 5.71. The van der Waals surface area contributed by atoms with E-state index in [-0.39, 0.29) is 6.04 Å². The molecule has 3 nitrogen and oxygen atoms in total. The molecule has 0 spiro atoms. The zero-order valence-corrected chi connectivity index (χ0v) is 9.92. The van der Waals surface area contributed by atoms with Crippen LogP contribution in [0, 0.1) is 5.92 Å². The molecule has 86 valence electrons. The fourth-order valence-corrected chi connectivity index (χ4v) is 1.90.